The summed E-state index contributed by atoms with van der Waals surface area (Å²) in [6, 6.07) is 9.47. The van der Waals surface area contributed by atoms with E-state index >= 15 is 0 Å². The van der Waals surface area contributed by atoms with Crippen molar-refractivity contribution in [2.45, 2.75) is 20.4 Å². The molecular formula is C15H17ClN2O. The van der Waals surface area contributed by atoms with Gasteiger partial charge in [-0.3, -0.25) is 4.98 Å². The van der Waals surface area contributed by atoms with Gasteiger partial charge >= 0.3 is 0 Å². The molecule has 1 aromatic carbocycles. The van der Waals surface area contributed by atoms with E-state index in [0.29, 0.717) is 10.8 Å². The van der Waals surface area contributed by atoms with E-state index in [1.54, 1.807) is 6.20 Å². The zero-order valence-corrected chi connectivity index (χ0v) is 11.9. The second-order valence-corrected chi connectivity index (χ2v) is 4.71. The third-order valence-electron chi connectivity index (χ3n) is 2.66. The summed E-state index contributed by atoms with van der Waals surface area (Å²) < 4.78 is 5.81. The standard InChI is InChI=1S/C15H17ClN2O/c1-3-17-10-12-9-13(6-7-18-12)19-15-8-11(2)4-5-14(15)16/h4-9,17H,3,10H2,1-2H3. The van der Waals surface area contributed by atoms with Crippen LogP contribution in [-0.4, -0.2) is 11.5 Å². The molecule has 0 saturated carbocycles. The fraction of sp³-hybridized carbons (Fsp3) is 0.267. The maximum atomic E-state index is 6.12. The van der Waals surface area contributed by atoms with Gasteiger partial charge in [0.1, 0.15) is 11.5 Å². The summed E-state index contributed by atoms with van der Waals surface area (Å²) in [5, 5.41) is 3.84. The number of rotatable bonds is 5. The number of aryl methyl sites for hydroxylation is 1. The summed E-state index contributed by atoms with van der Waals surface area (Å²) >= 11 is 6.12. The van der Waals surface area contributed by atoms with E-state index in [1.807, 2.05) is 37.3 Å². The zero-order valence-electron chi connectivity index (χ0n) is 11.1. The van der Waals surface area contributed by atoms with Crippen molar-refractivity contribution >= 4 is 11.6 Å². The van der Waals surface area contributed by atoms with Crippen LogP contribution in [0.15, 0.2) is 36.5 Å². The van der Waals surface area contributed by atoms with E-state index < -0.39 is 0 Å². The van der Waals surface area contributed by atoms with Gasteiger partial charge in [-0.1, -0.05) is 24.6 Å². The molecule has 1 heterocycles. The Balaban J connectivity index is 2.16. The van der Waals surface area contributed by atoms with Crippen molar-refractivity contribution in [3.05, 3.63) is 52.8 Å². The van der Waals surface area contributed by atoms with E-state index in [-0.39, 0.29) is 0 Å². The Morgan fingerprint density at radius 1 is 1.26 bits per heavy atom. The van der Waals surface area contributed by atoms with Crippen molar-refractivity contribution in [3.8, 4) is 11.5 Å². The molecule has 19 heavy (non-hydrogen) atoms. The molecule has 1 aromatic heterocycles. The Morgan fingerprint density at radius 2 is 2.11 bits per heavy atom. The lowest BCUT2D eigenvalue weighted by Crippen LogP contribution is -2.12. The number of benzene rings is 1. The molecule has 0 atom stereocenters. The van der Waals surface area contributed by atoms with Crippen LogP contribution in [0.1, 0.15) is 18.2 Å². The van der Waals surface area contributed by atoms with Crippen LogP contribution < -0.4 is 10.1 Å². The second kappa shape index (κ2) is 6.55. The number of hydrogen-bond donors (Lipinski definition) is 1. The van der Waals surface area contributed by atoms with Gasteiger partial charge in [0.05, 0.1) is 10.7 Å². The number of ether oxygens (including phenoxy) is 1. The summed E-state index contributed by atoms with van der Waals surface area (Å²) in [6.07, 6.45) is 1.74. The average molecular weight is 277 g/mol. The van der Waals surface area contributed by atoms with Crippen LogP contribution >= 0.6 is 11.6 Å². The Kier molecular flexibility index (Phi) is 4.77. The van der Waals surface area contributed by atoms with Gasteiger partial charge in [0.2, 0.25) is 0 Å². The van der Waals surface area contributed by atoms with Crippen LogP contribution in [0.5, 0.6) is 11.5 Å². The summed E-state index contributed by atoms with van der Waals surface area (Å²) in [4.78, 5) is 4.28. The zero-order chi connectivity index (χ0) is 13.7. The molecule has 0 unspecified atom stereocenters. The number of hydrogen-bond acceptors (Lipinski definition) is 3. The minimum absolute atomic E-state index is 0.607. The highest BCUT2D eigenvalue weighted by molar-refractivity contribution is 6.32. The van der Waals surface area contributed by atoms with E-state index in [2.05, 4.69) is 17.2 Å². The molecule has 0 amide bonds. The first-order valence-corrected chi connectivity index (χ1v) is 6.66. The highest BCUT2D eigenvalue weighted by atomic mass is 35.5. The number of halogens is 1. The average Bonchev–Trinajstić information content (AvgIpc) is 2.41. The summed E-state index contributed by atoms with van der Waals surface area (Å²) in [6.45, 7) is 5.71. The largest absolute Gasteiger partial charge is 0.456 e. The van der Waals surface area contributed by atoms with Crippen molar-refractivity contribution in [1.29, 1.82) is 0 Å². The molecule has 3 nitrogen and oxygen atoms in total. The number of nitrogens with zero attached hydrogens (tertiary/aromatic N) is 1. The Hall–Kier alpha value is -1.58. The Bertz CT molecular complexity index is 558. The lowest BCUT2D eigenvalue weighted by Gasteiger charge is -2.09. The van der Waals surface area contributed by atoms with Crippen LogP contribution in [0.4, 0.5) is 0 Å². The highest BCUT2D eigenvalue weighted by Crippen LogP contribution is 2.30. The van der Waals surface area contributed by atoms with Crippen molar-refractivity contribution < 1.29 is 4.74 Å². The van der Waals surface area contributed by atoms with Crippen molar-refractivity contribution in [3.63, 3.8) is 0 Å². The molecule has 1 N–H and O–H groups in total. The first kappa shape index (κ1) is 13.8. The fourth-order valence-corrected chi connectivity index (χ4v) is 1.84. The van der Waals surface area contributed by atoms with Crippen molar-refractivity contribution in [2.75, 3.05) is 6.54 Å². The highest BCUT2D eigenvalue weighted by Gasteiger charge is 2.04. The van der Waals surface area contributed by atoms with Crippen LogP contribution in [0.25, 0.3) is 0 Å². The fourth-order valence-electron chi connectivity index (χ4n) is 1.69. The molecule has 0 fully saturated rings. The van der Waals surface area contributed by atoms with Gasteiger partial charge in [-0.05, 0) is 37.2 Å². The van der Waals surface area contributed by atoms with E-state index in [1.165, 1.54) is 0 Å². The molecule has 0 spiro atoms. The van der Waals surface area contributed by atoms with E-state index in [9.17, 15) is 0 Å². The normalized spacial score (nSPS) is 10.5. The number of pyridine rings is 1. The predicted octanol–water partition coefficient (Wildman–Crippen LogP) is 3.95. The van der Waals surface area contributed by atoms with Gasteiger partial charge in [-0.2, -0.15) is 0 Å². The molecule has 100 valence electrons. The van der Waals surface area contributed by atoms with Crippen LogP contribution in [0.2, 0.25) is 5.02 Å². The van der Waals surface area contributed by atoms with Gasteiger partial charge in [0, 0.05) is 18.8 Å². The monoisotopic (exact) mass is 276 g/mol. The smallest absolute Gasteiger partial charge is 0.146 e. The van der Waals surface area contributed by atoms with Crippen LogP contribution in [0, 0.1) is 6.92 Å². The van der Waals surface area contributed by atoms with Crippen LogP contribution in [0.3, 0.4) is 0 Å². The molecule has 0 radical (unpaired) electrons. The van der Waals surface area contributed by atoms with Gasteiger partial charge in [-0.25, -0.2) is 0 Å². The maximum Gasteiger partial charge on any atom is 0.146 e. The summed E-state index contributed by atoms with van der Waals surface area (Å²) in [5.41, 5.74) is 2.06. The molecule has 0 aliphatic rings. The lowest BCUT2D eigenvalue weighted by molar-refractivity contribution is 0.480. The Morgan fingerprint density at radius 3 is 2.89 bits per heavy atom. The van der Waals surface area contributed by atoms with Gasteiger partial charge in [0.15, 0.2) is 0 Å². The van der Waals surface area contributed by atoms with Gasteiger partial charge < -0.3 is 10.1 Å². The molecule has 2 rings (SSSR count). The minimum atomic E-state index is 0.607. The molecule has 0 bridgehead atoms. The quantitative estimate of drug-likeness (QED) is 0.898. The molecule has 0 aliphatic carbocycles. The minimum Gasteiger partial charge on any atom is -0.456 e. The van der Waals surface area contributed by atoms with Gasteiger partial charge in [0.25, 0.3) is 0 Å². The summed E-state index contributed by atoms with van der Waals surface area (Å²) in [5.74, 6) is 1.41. The van der Waals surface area contributed by atoms with E-state index in [0.717, 1.165) is 30.1 Å². The maximum absolute atomic E-state index is 6.12. The number of nitrogens with one attached hydrogen (secondary N) is 1. The Labute approximate surface area is 118 Å². The second-order valence-electron chi connectivity index (χ2n) is 4.30. The molecular weight excluding hydrogens is 260 g/mol. The first-order chi connectivity index (χ1) is 9.19. The third-order valence-corrected chi connectivity index (χ3v) is 2.97. The molecule has 0 aliphatic heterocycles. The first-order valence-electron chi connectivity index (χ1n) is 6.28. The topological polar surface area (TPSA) is 34.1 Å². The number of aromatic nitrogens is 1. The lowest BCUT2D eigenvalue weighted by atomic mass is 10.2. The van der Waals surface area contributed by atoms with E-state index in [4.69, 9.17) is 16.3 Å². The third kappa shape index (κ3) is 3.94. The molecule has 2 aromatic rings. The molecule has 4 heteroatoms. The summed E-state index contributed by atoms with van der Waals surface area (Å²) in [7, 11) is 0. The van der Waals surface area contributed by atoms with Crippen LogP contribution in [-0.2, 0) is 6.54 Å². The van der Waals surface area contributed by atoms with Gasteiger partial charge in [-0.15, -0.1) is 0 Å². The predicted molar refractivity (Wildman–Crippen MR) is 77.9 cm³/mol. The SMILES string of the molecule is CCNCc1cc(Oc2cc(C)ccc2Cl)ccn1. The molecule has 0 saturated heterocycles. The van der Waals surface area contributed by atoms with Crippen molar-refractivity contribution in [2.24, 2.45) is 0 Å². The van der Waals surface area contributed by atoms with Crippen molar-refractivity contribution in [1.82, 2.24) is 10.3 Å².